The maximum atomic E-state index is 13.5. The summed E-state index contributed by atoms with van der Waals surface area (Å²) in [6, 6.07) is 9.31. The zero-order valence-corrected chi connectivity index (χ0v) is 19.1. The van der Waals surface area contributed by atoms with Crippen LogP contribution in [0.3, 0.4) is 0 Å². The number of rotatable bonds is 4. The summed E-state index contributed by atoms with van der Waals surface area (Å²) in [4.78, 5) is 34.8. The largest absolute Gasteiger partial charge is 0.463 e. The molecule has 7 heteroatoms. The first-order valence-corrected chi connectivity index (χ1v) is 11.0. The SMILES string of the molecule is CCOC(=O)C1=C(C)N=c2sc(=Cc3cc(C)[nH]c3C)c(=O)n2C1c1ccc(C)cc1. The predicted octanol–water partition coefficient (Wildman–Crippen LogP) is 3.05. The lowest BCUT2D eigenvalue weighted by atomic mass is 9.95. The van der Waals surface area contributed by atoms with Gasteiger partial charge in [0, 0.05) is 11.4 Å². The topological polar surface area (TPSA) is 76.4 Å². The highest BCUT2D eigenvalue weighted by Gasteiger charge is 2.33. The molecule has 2 aromatic heterocycles. The third kappa shape index (κ3) is 3.81. The lowest BCUT2D eigenvalue weighted by molar-refractivity contribution is -0.139. The second-order valence-corrected chi connectivity index (χ2v) is 8.75. The van der Waals surface area contributed by atoms with Crippen LogP contribution in [0.15, 0.2) is 51.4 Å². The molecule has 0 spiro atoms. The van der Waals surface area contributed by atoms with Gasteiger partial charge in [0.05, 0.1) is 28.5 Å². The minimum absolute atomic E-state index is 0.165. The van der Waals surface area contributed by atoms with Gasteiger partial charge in [0.15, 0.2) is 4.80 Å². The number of nitrogens with zero attached hydrogens (tertiary/aromatic N) is 2. The molecule has 0 bridgehead atoms. The van der Waals surface area contributed by atoms with E-state index in [2.05, 4.69) is 9.98 Å². The number of benzene rings is 1. The van der Waals surface area contributed by atoms with Gasteiger partial charge in [-0.3, -0.25) is 9.36 Å². The number of hydrogen-bond donors (Lipinski definition) is 1. The fraction of sp³-hybridized carbons (Fsp3) is 0.292. The molecule has 0 aliphatic carbocycles. The monoisotopic (exact) mass is 435 g/mol. The number of esters is 1. The second-order valence-electron chi connectivity index (χ2n) is 7.75. The maximum absolute atomic E-state index is 13.5. The van der Waals surface area contributed by atoms with E-state index in [1.165, 1.54) is 11.3 Å². The normalized spacial score (nSPS) is 16.3. The number of aryl methyl sites for hydroxylation is 3. The summed E-state index contributed by atoms with van der Waals surface area (Å²) in [5.74, 6) is -0.444. The van der Waals surface area contributed by atoms with Crippen LogP contribution in [0.5, 0.6) is 0 Å². The molecular formula is C24H25N3O3S. The van der Waals surface area contributed by atoms with Gasteiger partial charge in [-0.05, 0) is 57.9 Å². The van der Waals surface area contributed by atoms with Crippen molar-refractivity contribution in [2.45, 2.75) is 40.7 Å². The summed E-state index contributed by atoms with van der Waals surface area (Å²) in [6.45, 7) is 9.79. The molecule has 1 atom stereocenters. The molecule has 1 aliphatic heterocycles. The molecule has 0 saturated carbocycles. The van der Waals surface area contributed by atoms with Crippen molar-refractivity contribution in [3.05, 3.63) is 89.4 Å². The first-order chi connectivity index (χ1) is 14.8. The van der Waals surface area contributed by atoms with Crippen LogP contribution in [0.4, 0.5) is 0 Å². The molecule has 31 heavy (non-hydrogen) atoms. The number of ether oxygens (including phenoxy) is 1. The number of fused-ring (bicyclic) bond motifs is 1. The standard InChI is InChI=1S/C24H25N3O3S/c1-6-30-23(29)20-16(5)26-24-27(21(20)17-9-7-13(2)8-10-17)22(28)19(31-24)12-18-11-14(3)25-15(18)4/h7-12,21,25H,6H2,1-5H3. The number of aromatic nitrogens is 2. The molecule has 1 unspecified atom stereocenters. The van der Waals surface area contributed by atoms with E-state index in [-0.39, 0.29) is 12.2 Å². The van der Waals surface area contributed by atoms with Crippen molar-refractivity contribution >= 4 is 23.4 Å². The van der Waals surface area contributed by atoms with E-state index in [1.807, 2.05) is 57.2 Å². The summed E-state index contributed by atoms with van der Waals surface area (Å²) in [5.41, 5.74) is 5.77. The Kier molecular flexibility index (Phi) is 5.54. The number of hydrogen-bond acceptors (Lipinski definition) is 5. The van der Waals surface area contributed by atoms with Crippen LogP contribution in [0.2, 0.25) is 0 Å². The second kappa shape index (κ2) is 8.15. The van der Waals surface area contributed by atoms with Gasteiger partial charge in [-0.1, -0.05) is 41.2 Å². The highest BCUT2D eigenvalue weighted by atomic mass is 32.1. The Balaban J connectivity index is 1.97. The van der Waals surface area contributed by atoms with Crippen molar-refractivity contribution in [3.8, 4) is 0 Å². The van der Waals surface area contributed by atoms with E-state index in [1.54, 1.807) is 18.4 Å². The highest BCUT2D eigenvalue weighted by Crippen LogP contribution is 2.30. The average Bonchev–Trinajstić information content (AvgIpc) is 3.19. The molecular weight excluding hydrogens is 410 g/mol. The van der Waals surface area contributed by atoms with Crippen molar-refractivity contribution in [1.29, 1.82) is 0 Å². The van der Waals surface area contributed by atoms with Crippen molar-refractivity contribution in [1.82, 2.24) is 9.55 Å². The smallest absolute Gasteiger partial charge is 0.338 e. The number of nitrogens with one attached hydrogen (secondary N) is 1. The van der Waals surface area contributed by atoms with Gasteiger partial charge >= 0.3 is 5.97 Å². The summed E-state index contributed by atoms with van der Waals surface area (Å²) < 4.78 is 7.52. The summed E-state index contributed by atoms with van der Waals surface area (Å²) in [6.07, 6.45) is 1.89. The van der Waals surface area contributed by atoms with E-state index in [4.69, 9.17) is 4.74 Å². The zero-order chi connectivity index (χ0) is 22.3. The van der Waals surface area contributed by atoms with Gasteiger partial charge in [0.2, 0.25) is 0 Å². The first-order valence-electron chi connectivity index (χ1n) is 10.2. The van der Waals surface area contributed by atoms with Crippen molar-refractivity contribution in [2.24, 2.45) is 4.99 Å². The van der Waals surface area contributed by atoms with E-state index < -0.39 is 12.0 Å². The molecule has 160 valence electrons. The van der Waals surface area contributed by atoms with E-state index in [9.17, 15) is 9.59 Å². The van der Waals surface area contributed by atoms with Gasteiger partial charge in [-0.15, -0.1) is 0 Å². The van der Waals surface area contributed by atoms with Crippen LogP contribution < -0.4 is 14.9 Å². The molecule has 3 heterocycles. The zero-order valence-electron chi connectivity index (χ0n) is 18.3. The third-order valence-corrected chi connectivity index (χ3v) is 6.37. The van der Waals surface area contributed by atoms with Crippen LogP contribution in [0, 0.1) is 20.8 Å². The Hall–Kier alpha value is -3.19. The van der Waals surface area contributed by atoms with Gasteiger partial charge in [-0.2, -0.15) is 0 Å². The summed E-state index contributed by atoms with van der Waals surface area (Å²) in [7, 11) is 0. The lowest BCUT2D eigenvalue weighted by Gasteiger charge is -2.24. The van der Waals surface area contributed by atoms with Crippen LogP contribution >= 0.6 is 11.3 Å². The number of allylic oxidation sites excluding steroid dienone is 1. The number of H-pyrrole nitrogens is 1. The molecule has 1 aliphatic rings. The Labute approximate surface area is 184 Å². The fourth-order valence-electron chi connectivity index (χ4n) is 3.89. The average molecular weight is 436 g/mol. The third-order valence-electron chi connectivity index (χ3n) is 5.39. The molecule has 0 saturated heterocycles. The summed E-state index contributed by atoms with van der Waals surface area (Å²) >= 11 is 1.34. The van der Waals surface area contributed by atoms with Crippen molar-refractivity contribution in [3.63, 3.8) is 0 Å². The Morgan fingerprint density at radius 1 is 1.23 bits per heavy atom. The van der Waals surface area contributed by atoms with E-state index in [0.29, 0.717) is 20.6 Å². The van der Waals surface area contributed by atoms with Crippen LogP contribution in [0.25, 0.3) is 6.08 Å². The quantitative estimate of drug-likeness (QED) is 0.640. The van der Waals surface area contributed by atoms with Gasteiger partial charge in [-0.25, -0.2) is 9.79 Å². The lowest BCUT2D eigenvalue weighted by Crippen LogP contribution is -2.39. The maximum Gasteiger partial charge on any atom is 0.338 e. The van der Waals surface area contributed by atoms with Crippen LogP contribution in [-0.2, 0) is 9.53 Å². The predicted molar refractivity (Wildman–Crippen MR) is 122 cm³/mol. The Bertz CT molecular complexity index is 1370. The number of thiazole rings is 1. The highest BCUT2D eigenvalue weighted by molar-refractivity contribution is 7.07. The number of carbonyl (C=O) groups is 1. The molecule has 4 rings (SSSR count). The fourth-order valence-corrected chi connectivity index (χ4v) is 4.93. The molecule has 0 radical (unpaired) electrons. The minimum atomic E-state index is -0.577. The molecule has 1 aromatic carbocycles. The number of aromatic amines is 1. The molecule has 1 N–H and O–H groups in total. The van der Waals surface area contributed by atoms with Gasteiger partial charge < -0.3 is 9.72 Å². The molecule has 6 nitrogen and oxygen atoms in total. The molecule has 3 aromatic rings. The van der Waals surface area contributed by atoms with E-state index >= 15 is 0 Å². The summed E-state index contributed by atoms with van der Waals surface area (Å²) in [5, 5.41) is 0. The molecule has 0 fully saturated rings. The number of carbonyl (C=O) groups excluding carboxylic acids is 1. The van der Waals surface area contributed by atoms with E-state index in [0.717, 1.165) is 28.1 Å². The first kappa shape index (κ1) is 21.1. The Morgan fingerprint density at radius 2 is 1.94 bits per heavy atom. The van der Waals surface area contributed by atoms with Crippen molar-refractivity contribution in [2.75, 3.05) is 6.61 Å². The van der Waals surface area contributed by atoms with Crippen LogP contribution in [0.1, 0.15) is 48.0 Å². The van der Waals surface area contributed by atoms with Crippen LogP contribution in [-0.4, -0.2) is 22.1 Å². The van der Waals surface area contributed by atoms with Gasteiger partial charge in [0.1, 0.15) is 0 Å². The minimum Gasteiger partial charge on any atom is -0.463 e. The van der Waals surface area contributed by atoms with Crippen molar-refractivity contribution < 1.29 is 9.53 Å². The Morgan fingerprint density at radius 3 is 2.55 bits per heavy atom. The van der Waals surface area contributed by atoms with Gasteiger partial charge in [0.25, 0.3) is 5.56 Å². The molecule has 0 amide bonds.